The van der Waals surface area contributed by atoms with Gasteiger partial charge >= 0.3 is 0 Å². The van der Waals surface area contributed by atoms with Crippen molar-refractivity contribution < 1.29 is 17.9 Å². The fourth-order valence-electron chi connectivity index (χ4n) is 3.73. The molecule has 1 fully saturated rings. The van der Waals surface area contributed by atoms with Gasteiger partial charge in [-0.25, -0.2) is 8.42 Å². The molecular formula is C21H24N4O4S. The molecule has 30 heavy (non-hydrogen) atoms. The molecule has 1 amide bonds. The number of carbonyl (C=O) groups is 1. The van der Waals surface area contributed by atoms with E-state index in [0.717, 1.165) is 10.8 Å². The Morgan fingerprint density at radius 1 is 1.10 bits per heavy atom. The highest BCUT2D eigenvalue weighted by atomic mass is 32.2. The molecule has 1 aromatic heterocycles. The molecular weight excluding hydrogens is 404 g/mol. The molecule has 158 valence electrons. The lowest BCUT2D eigenvalue weighted by molar-refractivity contribution is -0.116. The number of hydrogen-bond donors (Lipinski definition) is 1. The summed E-state index contributed by atoms with van der Waals surface area (Å²) in [7, 11) is -3.68. The number of rotatable bonds is 5. The Morgan fingerprint density at radius 3 is 2.53 bits per heavy atom. The molecule has 4 rings (SSSR count). The third kappa shape index (κ3) is 3.96. The summed E-state index contributed by atoms with van der Waals surface area (Å²) in [6.07, 6.45) is 0. The highest BCUT2D eigenvalue weighted by Crippen LogP contribution is 2.24. The van der Waals surface area contributed by atoms with Gasteiger partial charge in [0.15, 0.2) is 0 Å². The maximum atomic E-state index is 13.1. The van der Waals surface area contributed by atoms with E-state index in [1.165, 1.54) is 8.99 Å². The van der Waals surface area contributed by atoms with Gasteiger partial charge < -0.3 is 10.1 Å². The van der Waals surface area contributed by atoms with Crippen molar-refractivity contribution in [3.8, 4) is 0 Å². The van der Waals surface area contributed by atoms with Crippen LogP contribution in [0.1, 0.15) is 11.4 Å². The number of aryl methyl sites for hydroxylation is 1. The largest absolute Gasteiger partial charge is 0.379 e. The summed E-state index contributed by atoms with van der Waals surface area (Å²) < 4.78 is 34.2. The Balaban J connectivity index is 1.53. The minimum Gasteiger partial charge on any atom is -0.379 e. The van der Waals surface area contributed by atoms with Crippen LogP contribution in [0.5, 0.6) is 0 Å². The van der Waals surface area contributed by atoms with Crippen LogP contribution in [0.4, 0.5) is 5.69 Å². The van der Waals surface area contributed by atoms with Crippen molar-refractivity contribution in [1.29, 1.82) is 0 Å². The fourth-order valence-corrected chi connectivity index (χ4v) is 5.51. The minimum absolute atomic E-state index is 0.0713. The Kier molecular flexibility index (Phi) is 5.59. The van der Waals surface area contributed by atoms with Gasteiger partial charge in [0.1, 0.15) is 11.4 Å². The van der Waals surface area contributed by atoms with Crippen LogP contribution < -0.4 is 5.32 Å². The van der Waals surface area contributed by atoms with Gasteiger partial charge in [0.25, 0.3) is 0 Å². The number of anilines is 1. The first kappa shape index (κ1) is 20.5. The van der Waals surface area contributed by atoms with Crippen LogP contribution in [0.2, 0.25) is 0 Å². The van der Waals surface area contributed by atoms with E-state index in [2.05, 4.69) is 10.4 Å². The molecule has 0 unspecified atom stereocenters. The van der Waals surface area contributed by atoms with Gasteiger partial charge in [-0.3, -0.25) is 9.48 Å². The molecule has 0 bridgehead atoms. The average Bonchev–Trinajstić information content (AvgIpc) is 3.02. The number of morpholine rings is 1. The normalized spacial score (nSPS) is 15.4. The Bertz CT molecular complexity index is 1200. The second-order valence-electron chi connectivity index (χ2n) is 7.28. The van der Waals surface area contributed by atoms with Crippen LogP contribution >= 0.6 is 0 Å². The number of ether oxygens (including phenoxy) is 1. The zero-order chi connectivity index (χ0) is 21.3. The third-order valence-corrected chi connectivity index (χ3v) is 7.36. The van der Waals surface area contributed by atoms with E-state index in [9.17, 15) is 13.2 Å². The molecule has 1 saturated heterocycles. The first-order chi connectivity index (χ1) is 14.4. The predicted molar refractivity (Wildman–Crippen MR) is 114 cm³/mol. The number of nitrogens with zero attached hydrogens (tertiary/aromatic N) is 3. The van der Waals surface area contributed by atoms with Crippen LogP contribution in [0.25, 0.3) is 10.8 Å². The molecule has 3 aromatic rings. The summed E-state index contributed by atoms with van der Waals surface area (Å²) in [5, 5.41) is 9.30. The minimum atomic E-state index is -3.68. The van der Waals surface area contributed by atoms with E-state index >= 15 is 0 Å². The number of sulfonamides is 1. The van der Waals surface area contributed by atoms with Gasteiger partial charge in [0.2, 0.25) is 15.9 Å². The molecule has 0 saturated carbocycles. The van der Waals surface area contributed by atoms with E-state index in [1.807, 2.05) is 42.5 Å². The highest BCUT2D eigenvalue weighted by Gasteiger charge is 2.32. The number of aromatic nitrogens is 2. The van der Waals surface area contributed by atoms with Crippen LogP contribution in [-0.2, 0) is 26.1 Å². The number of amides is 1. The molecule has 0 atom stereocenters. The van der Waals surface area contributed by atoms with Gasteiger partial charge in [0, 0.05) is 18.8 Å². The van der Waals surface area contributed by atoms with Crippen molar-refractivity contribution >= 4 is 32.4 Å². The van der Waals surface area contributed by atoms with Crippen LogP contribution in [-0.4, -0.2) is 54.7 Å². The standard InChI is InChI=1S/C21H24N4O4S/c1-15-21(30(27,28)24-9-11-29-12-10-24)16(2)25(23-15)14-20(26)22-19-8-7-17-5-3-4-6-18(17)13-19/h3-8,13H,9-12,14H2,1-2H3,(H,22,26). The number of nitrogens with one attached hydrogen (secondary N) is 1. The van der Waals surface area contributed by atoms with Crippen LogP contribution in [0.15, 0.2) is 47.4 Å². The lowest BCUT2D eigenvalue weighted by atomic mass is 10.1. The molecule has 2 heterocycles. The first-order valence-corrected chi connectivity index (χ1v) is 11.2. The second kappa shape index (κ2) is 8.17. The van der Waals surface area contributed by atoms with Crippen molar-refractivity contribution in [2.24, 2.45) is 0 Å². The molecule has 2 aromatic carbocycles. The molecule has 8 nitrogen and oxygen atoms in total. The van der Waals surface area contributed by atoms with E-state index in [1.54, 1.807) is 13.8 Å². The second-order valence-corrected chi connectivity index (χ2v) is 9.16. The van der Waals surface area contributed by atoms with Crippen molar-refractivity contribution in [2.75, 3.05) is 31.6 Å². The van der Waals surface area contributed by atoms with Crippen molar-refractivity contribution in [2.45, 2.75) is 25.3 Å². The summed E-state index contributed by atoms with van der Waals surface area (Å²) in [6.45, 7) is 4.63. The Labute approximate surface area is 175 Å². The first-order valence-electron chi connectivity index (χ1n) is 9.77. The monoisotopic (exact) mass is 428 g/mol. The van der Waals surface area contributed by atoms with Crippen molar-refractivity contribution in [3.05, 3.63) is 53.9 Å². The molecule has 1 aliphatic rings. The molecule has 1 N–H and O–H groups in total. The van der Waals surface area contributed by atoms with Gasteiger partial charge in [0.05, 0.1) is 24.6 Å². The lowest BCUT2D eigenvalue weighted by Gasteiger charge is -2.26. The lowest BCUT2D eigenvalue weighted by Crippen LogP contribution is -2.41. The SMILES string of the molecule is Cc1nn(CC(=O)Nc2ccc3ccccc3c2)c(C)c1S(=O)(=O)N1CCOCC1. The number of fused-ring (bicyclic) bond motifs is 1. The maximum absolute atomic E-state index is 13.1. The van der Waals surface area contributed by atoms with Gasteiger partial charge in [-0.2, -0.15) is 9.40 Å². The molecule has 0 radical (unpaired) electrons. The summed E-state index contributed by atoms with van der Waals surface area (Å²) in [6, 6.07) is 13.6. The predicted octanol–water partition coefficient (Wildman–Crippen LogP) is 2.31. The van der Waals surface area contributed by atoms with Crippen LogP contribution in [0, 0.1) is 13.8 Å². The zero-order valence-corrected chi connectivity index (χ0v) is 17.8. The average molecular weight is 429 g/mol. The fraction of sp³-hybridized carbons (Fsp3) is 0.333. The van der Waals surface area contributed by atoms with Crippen molar-refractivity contribution in [3.63, 3.8) is 0 Å². The maximum Gasteiger partial charge on any atom is 0.246 e. The number of hydrogen-bond acceptors (Lipinski definition) is 5. The quantitative estimate of drug-likeness (QED) is 0.673. The van der Waals surface area contributed by atoms with Gasteiger partial charge in [-0.15, -0.1) is 0 Å². The highest BCUT2D eigenvalue weighted by molar-refractivity contribution is 7.89. The topological polar surface area (TPSA) is 93.5 Å². The summed E-state index contributed by atoms with van der Waals surface area (Å²) in [4.78, 5) is 12.8. The van der Waals surface area contributed by atoms with Gasteiger partial charge in [-0.1, -0.05) is 30.3 Å². The van der Waals surface area contributed by atoms with Crippen molar-refractivity contribution in [1.82, 2.24) is 14.1 Å². The third-order valence-electron chi connectivity index (χ3n) is 5.21. The summed E-state index contributed by atoms with van der Waals surface area (Å²) in [5.74, 6) is -0.272. The van der Waals surface area contributed by atoms with E-state index < -0.39 is 10.0 Å². The Morgan fingerprint density at radius 2 is 1.80 bits per heavy atom. The molecule has 0 spiro atoms. The summed E-state index contributed by atoms with van der Waals surface area (Å²) in [5.41, 5.74) is 1.52. The zero-order valence-electron chi connectivity index (χ0n) is 17.0. The molecule has 0 aliphatic carbocycles. The van der Waals surface area contributed by atoms with Gasteiger partial charge in [-0.05, 0) is 36.8 Å². The van der Waals surface area contributed by atoms with E-state index in [-0.39, 0.29) is 17.3 Å². The van der Waals surface area contributed by atoms with Crippen LogP contribution in [0.3, 0.4) is 0 Å². The summed E-state index contributed by atoms with van der Waals surface area (Å²) >= 11 is 0. The number of carbonyl (C=O) groups excluding carboxylic acids is 1. The van der Waals surface area contributed by atoms with E-state index in [4.69, 9.17) is 4.74 Å². The smallest absolute Gasteiger partial charge is 0.246 e. The Hall–Kier alpha value is -2.75. The molecule has 1 aliphatic heterocycles. The number of benzene rings is 2. The molecule has 9 heteroatoms. The van der Waals surface area contributed by atoms with E-state index in [0.29, 0.717) is 43.4 Å².